The molecule has 128 valence electrons. The number of unbranched alkanes of at least 4 members (excludes halogenated alkanes) is 1. The molecule has 0 radical (unpaired) electrons. The lowest BCUT2D eigenvalue weighted by Gasteiger charge is -1.92. The molecule has 0 aliphatic carbocycles. The van der Waals surface area contributed by atoms with E-state index in [4.69, 9.17) is 10.2 Å². The van der Waals surface area contributed by atoms with Gasteiger partial charge in [-0.1, -0.05) is 13.3 Å². The highest BCUT2D eigenvalue weighted by Crippen LogP contribution is 1.79. The third-order valence-corrected chi connectivity index (χ3v) is 1.38. The van der Waals surface area contributed by atoms with Crippen molar-refractivity contribution in [3.8, 4) is 0 Å². The van der Waals surface area contributed by atoms with E-state index in [0.29, 0.717) is 6.61 Å². The SMILES string of the molecule is CCCCO.CO.COC(=O)C(=O)OC.COC(=O)OC. The first kappa shape index (κ1) is 27.5. The molecule has 9 heteroatoms. The summed E-state index contributed by atoms with van der Waals surface area (Å²) in [6, 6.07) is 0. The number of methoxy groups -OCH3 is 4. The number of aliphatic hydroxyl groups is 2. The molecule has 0 aliphatic heterocycles. The highest BCUT2D eigenvalue weighted by atomic mass is 16.7. The molecule has 0 rings (SSSR count). The van der Waals surface area contributed by atoms with Crippen molar-refractivity contribution in [2.75, 3.05) is 42.2 Å². The van der Waals surface area contributed by atoms with Crippen LogP contribution in [-0.4, -0.2) is 70.5 Å². The molecule has 0 saturated heterocycles. The van der Waals surface area contributed by atoms with Crippen LogP contribution in [-0.2, 0) is 28.5 Å². The Hall–Kier alpha value is -1.87. The number of carbonyl (C=O) groups is 3. The van der Waals surface area contributed by atoms with E-state index in [9.17, 15) is 14.4 Å². The van der Waals surface area contributed by atoms with Crippen molar-refractivity contribution in [2.24, 2.45) is 0 Å². The van der Waals surface area contributed by atoms with Crippen LogP contribution in [0.4, 0.5) is 4.79 Å². The molecular weight excluding hydrogens is 288 g/mol. The van der Waals surface area contributed by atoms with Gasteiger partial charge in [-0.2, -0.15) is 0 Å². The van der Waals surface area contributed by atoms with Crippen LogP contribution in [0, 0.1) is 0 Å². The van der Waals surface area contributed by atoms with Gasteiger partial charge in [0.05, 0.1) is 28.4 Å². The van der Waals surface area contributed by atoms with Crippen molar-refractivity contribution in [3.05, 3.63) is 0 Å². The van der Waals surface area contributed by atoms with E-state index >= 15 is 0 Å². The molecule has 0 aromatic carbocycles. The van der Waals surface area contributed by atoms with Gasteiger partial charge in [0.1, 0.15) is 0 Å². The molecule has 0 aliphatic rings. The average Bonchev–Trinajstić information content (AvgIpc) is 2.56. The van der Waals surface area contributed by atoms with Crippen molar-refractivity contribution >= 4 is 18.1 Å². The van der Waals surface area contributed by atoms with E-state index in [-0.39, 0.29) is 0 Å². The zero-order chi connectivity index (χ0) is 17.7. The van der Waals surface area contributed by atoms with E-state index in [2.05, 4.69) is 25.9 Å². The van der Waals surface area contributed by atoms with Crippen molar-refractivity contribution in [3.63, 3.8) is 0 Å². The number of esters is 2. The Morgan fingerprint density at radius 1 is 0.810 bits per heavy atom. The molecule has 2 N–H and O–H groups in total. The predicted molar refractivity (Wildman–Crippen MR) is 73.6 cm³/mol. The van der Waals surface area contributed by atoms with Gasteiger partial charge in [-0.25, -0.2) is 14.4 Å². The van der Waals surface area contributed by atoms with E-state index in [1.165, 1.54) is 14.2 Å². The molecule has 0 fully saturated rings. The number of hydrogen-bond donors (Lipinski definition) is 2. The Kier molecular flexibility index (Phi) is 34.9. The predicted octanol–water partition coefficient (Wildman–Crippen LogP) is 0.119. The molecule has 0 aromatic rings. The molecule has 0 saturated carbocycles. The Balaban J connectivity index is -0.0000000998. The summed E-state index contributed by atoms with van der Waals surface area (Å²) < 4.78 is 16.1. The fraction of sp³-hybridized carbons (Fsp3) is 0.750. The van der Waals surface area contributed by atoms with Gasteiger partial charge in [0.15, 0.2) is 0 Å². The second-order valence-corrected chi connectivity index (χ2v) is 2.72. The van der Waals surface area contributed by atoms with E-state index in [0.717, 1.165) is 34.2 Å². The average molecular weight is 314 g/mol. The van der Waals surface area contributed by atoms with E-state index < -0.39 is 18.1 Å². The summed E-state index contributed by atoms with van der Waals surface area (Å²) in [5.41, 5.74) is 0. The number of hydrogen-bond acceptors (Lipinski definition) is 9. The summed E-state index contributed by atoms with van der Waals surface area (Å²) in [5, 5.41) is 15.1. The minimum atomic E-state index is -0.979. The zero-order valence-corrected chi connectivity index (χ0v) is 13.4. The summed E-state index contributed by atoms with van der Waals surface area (Å²) >= 11 is 0. The minimum absolute atomic E-state index is 0.344. The fourth-order valence-corrected chi connectivity index (χ4v) is 0.408. The van der Waals surface area contributed by atoms with Crippen LogP contribution >= 0.6 is 0 Å². The lowest BCUT2D eigenvalue weighted by Crippen LogP contribution is -2.16. The smallest absolute Gasteiger partial charge is 0.461 e. The first-order valence-corrected chi connectivity index (χ1v) is 5.78. The second-order valence-electron chi connectivity index (χ2n) is 2.72. The Morgan fingerprint density at radius 3 is 1.19 bits per heavy atom. The van der Waals surface area contributed by atoms with E-state index in [1.54, 1.807) is 0 Å². The number of rotatable bonds is 2. The van der Waals surface area contributed by atoms with Gasteiger partial charge in [0.2, 0.25) is 0 Å². The Morgan fingerprint density at radius 2 is 1.14 bits per heavy atom. The molecule has 0 aromatic heterocycles. The minimum Gasteiger partial charge on any atom is -0.461 e. The molecule has 21 heavy (non-hydrogen) atoms. The zero-order valence-electron chi connectivity index (χ0n) is 13.4. The topological polar surface area (TPSA) is 129 Å². The standard InChI is InChI=1S/C4H6O4.C4H10O.C3H6O3.CH4O/c1-7-3(5)4(6)8-2;1-2-3-4-5;1-5-3(4)6-2;1-2/h1-2H3;5H,2-4H2,1H3;1-2H3;2H,1H3. The maximum atomic E-state index is 10.0. The molecule has 9 nitrogen and oxygen atoms in total. The van der Waals surface area contributed by atoms with Gasteiger partial charge in [-0.05, 0) is 6.42 Å². The van der Waals surface area contributed by atoms with Crippen LogP contribution < -0.4 is 0 Å². The monoisotopic (exact) mass is 314 g/mol. The van der Waals surface area contributed by atoms with Crippen LogP contribution in [0.1, 0.15) is 19.8 Å². The fourth-order valence-electron chi connectivity index (χ4n) is 0.408. The van der Waals surface area contributed by atoms with Gasteiger partial charge in [-0.3, -0.25) is 0 Å². The summed E-state index contributed by atoms with van der Waals surface area (Å²) in [6.07, 6.45) is 1.38. The lowest BCUT2D eigenvalue weighted by atomic mass is 10.4. The third-order valence-electron chi connectivity index (χ3n) is 1.38. The molecule has 0 atom stereocenters. The van der Waals surface area contributed by atoms with Gasteiger partial charge in [0.25, 0.3) is 0 Å². The molecular formula is C12H26O9. The highest BCUT2D eigenvalue weighted by Gasteiger charge is 2.11. The highest BCUT2D eigenvalue weighted by molar-refractivity contribution is 6.29. The quantitative estimate of drug-likeness (QED) is 0.414. The van der Waals surface area contributed by atoms with Crippen LogP contribution in [0.5, 0.6) is 0 Å². The van der Waals surface area contributed by atoms with Gasteiger partial charge < -0.3 is 29.2 Å². The summed E-state index contributed by atoms with van der Waals surface area (Å²) in [6.45, 7) is 2.40. The Labute approximate surface area is 124 Å². The molecule has 0 amide bonds. The molecule has 0 unspecified atom stereocenters. The largest absolute Gasteiger partial charge is 0.507 e. The summed E-state index contributed by atoms with van der Waals surface area (Å²) in [7, 11) is 5.73. The molecule has 0 spiro atoms. The first-order chi connectivity index (χ1) is 9.94. The van der Waals surface area contributed by atoms with Crippen LogP contribution in [0.2, 0.25) is 0 Å². The van der Waals surface area contributed by atoms with E-state index in [1.807, 2.05) is 0 Å². The summed E-state index contributed by atoms with van der Waals surface area (Å²) in [5.74, 6) is -1.96. The second kappa shape index (κ2) is 26.6. The van der Waals surface area contributed by atoms with Crippen LogP contribution in [0.25, 0.3) is 0 Å². The normalized spacial score (nSPS) is 7.24. The van der Waals surface area contributed by atoms with Crippen molar-refractivity contribution in [1.82, 2.24) is 0 Å². The van der Waals surface area contributed by atoms with Gasteiger partial charge >= 0.3 is 18.1 Å². The maximum Gasteiger partial charge on any atom is 0.507 e. The molecule has 0 heterocycles. The van der Waals surface area contributed by atoms with Gasteiger partial charge in [0, 0.05) is 13.7 Å². The van der Waals surface area contributed by atoms with Crippen LogP contribution in [0.3, 0.4) is 0 Å². The van der Waals surface area contributed by atoms with Crippen molar-refractivity contribution in [1.29, 1.82) is 0 Å². The maximum absolute atomic E-state index is 10.0. The molecule has 0 bridgehead atoms. The first-order valence-electron chi connectivity index (χ1n) is 5.78. The van der Waals surface area contributed by atoms with Crippen molar-refractivity contribution < 1.29 is 43.5 Å². The number of aliphatic hydroxyl groups excluding tert-OH is 2. The number of carbonyl (C=O) groups excluding carboxylic acids is 3. The van der Waals surface area contributed by atoms with Crippen LogP contribution in [0.15, 0.2) is 0 Å². The van der Waals surface area contributed by atoms with Crippen molar-refractivity contribution in [2.45, 2.75) is 19.8 Å². The van der Waals surface area contributed by atoms with Gasteiger partial charge in [-0.15, -0.1) is 0 Å². The lowest BCUT2D eigenvalue weighted by molar-refractivity contribution is -0.164. The third kappa shape index (κ3) is 32.1. The Bertz CT molecular complexity index is 219. The summed E-state index contributed by atoms with van der Waals surface area (Å²) in [4.78, 5) is 29.8. The number of ether oxygens (including phenoxy) is 4.